The lowest BCUT2D eigenvalue weighted by Crippen LogP contribution is -1.98. The van der Waals surface area contributed by atoms with E-state index in [1.807, 2.05) is 0 Å². The van der Waals surface area contributed by atoms with E-state index in [1.54, 1.807) is 6.07 Å². The molecule has 0 heterocycles. The van der Waals surface area contributed by atoms with Crippen LogP contribution in [0.4, 0.5) is 4.39 Å². The van der Waals surface area contributed by atoms with Crippen LogP contribution in [0.3, 0.4) is 0 Å². The van der Waals surface area contributed by atoms with Crippen LogP contribution in [0.2, 0.25) is 0 Å². The number of rotatable bonds is 4. The number of carbonyl (C=O) groups is 1. The Bertz CT molecular complexity index is 344. The molecule has 5 heteroatoms. The van der Waals surface area contributed by atoms with Crippen LogP contribution in [0.25, 0.3) is 0 Å². The van der Waals surface area contributed by atoms with Crippen LogP contribution in [-0.4, -0.2) is 16.8 Å². The molecule has 0 fully saturated rings. The van der Waals surface area contributed by atoms with Gasteiger partial charge in [0.15, 0.2) is 0 Å². The molecule has 0 atom stereocenters. The van der Waals surface area contributed by atoms with Crippen molar-refractivity contribution < 1.29 is 14.3 Å². The fraction of sp³-hybridized carbons (Fsp3) is 0.222. The van der Waals surface area contributed by atoms with Gasteiger partial charge in [0.1, 0.15) is 5.82 Å². The van der Waals surface area contributed by atoms with Crippen molar-refractivity contribution in [3.05, 3.63) is 34.1 Å². The lowest BCUT2D eigenvalue weighted by atomic mass is 10.2. The minimum Gasteiger partial charge on any atom is -0.481 e. The Balaban J connectivity index is 2.55. The first kappa shape index (κ1) is 11.5. The van der Waals surface area contributed by atoms with Crippen molar-refractivity contribution in [2.24, 2.45) is 0 Å². The van der Waals surface area contributed by atoms with Gasteiger partial charge < -0.3 is 5.11 Å². The molecule has 2 nitrogen and oxygen atoms in total. The van der Waals surface area contributed by atoms with E-state index in [0.29, 0.717) is 10.2 Å². The molecule has 0 unspecified atom stereocenters. The van der Waals surface area contributed by atoms with Crippen LogP contribution in [0, 0.1) is 5.82 Å². The van der Waals surface area contributed by atoms with Gasteiger partial charge in [-0.05, 0) is 17.7 Å². The van der Waals surface area contributed by atoms with Gasteiger partial charge in [0.05, 0.1) is 5.75 Å². The van der Waals surface area contributed by atoms with Gasteiger partial charge in [-0.15, -0.1) is 11.8 Å². The second-order valence-corrected chi connectivity index (χ2v) is 4.46. The van der Waals surface area contributed by atoms with Crippen molar-refractivity contribution in [1.29, 1.82) is 0 Å². The van der Waals surface area contributed by atoms with Crippen LogP contribution < -0.4 is 0 Å². The number of aliphatic carboxylic acids is 1. The molecule has 0 bridgehead atoms. The van der Waals surface area contributed by atoms with Gasteiger partial charge in [0.2, 0.25) is 0 Å². The van der Waals surface area contributed by atoms with Crippen molar-refractivity contribution in [2.75, 3.05) is 5.75 Å². The highest BCUT2D eigenvalue weighted by atomic mass is 79.9. The normalized spacial score (nSPS) is 10.1. The monoisotopic (exact) mass is 278 g/mol. The summed E-state index contributed by atoms with van der Waals surface area (Å²) < 4.78 is 13.3. The van der Waals surface area contributed by atoms with Crippen molar-refractivity contribution in [1.82, 2.24) is 0 Å². The summed E-state index contributed by atoms with van der Waals surface area (Å²) >= 11 is 4.50. The molecule has 14 heavy (non-hydrogen) atoms. The summed E-state index contributed by atoms with van der Waals surface area (Å²) in [6, 6.07) is 4.38. The Kier molecular flexibility index (Phi) is 4.41. The zero-order chi connectivity index (χ0) is 10.6. The Labute approximate surface area is 93.6 Å². The molecule has 0 radical (unpaired) electrons. The Morgan fingerprint density at radius 2 is 2.29 bits per heavy atom. The number of halogens is 2. The average molecular weight is 279 g/mol. The first-order valence-electron chi connectivity index (χ1n) is 3.83. The van der Waals surface area contributed by atoms with Gasteiger partial charge in [-0.1, -0.05) is 22.0 Å². The first-order chi connectivity index (χ1) is 6.59. The van der Waals surface area contributed by atoms with Crippen LogP contribution in [-0.2, 0) is 10.5 Å². The van der Waals surface area contributed by atoms with Crippen molar-refractivity contribution in [3.63, 3.8) is 0 Å². The average Bonchev–Trinajstić information content (AvgIpc) is 2.08. The molecule has 76 valence electrons. The summed E-state index contributed by atoms with van der Waals surface area (Å²) in [5.74, 6) is -0.520. The maximum Gasteiger partial charge on any atom is 0.313 e. The van der Waals surface area contributed by atoms with Gasteiger partial charge >= 0.3 is 5.97 Å². The molecule has 1 N–H and O–H groups in total. The first-order valence-corrected chi connectivity index (χ1v) is 5.78. The van der Waals surface area contributed by atoms with E-state index in [4.69, 9.17) is 5.11 Å². The molecule has 0 aliphatic heterocycles. The largest absolute Gasteiger partial charge is 0.481 e. The highest BCUT2D eigenvalue weighted by molar-refractivity contribution is 9.10. The van der Waals surface area contributed by atoms with Gasteiger partial charge in [-0.2, -0.15) is 0 Å². The number of thioether (sulfide) groups is 1. The van der Waals surface area contributed by atoms with E-state index >= 15 is 0 Å². The third-order valence-electron chi connectivity index (χ3n) is 1.50. The van der Waals surface area contributed by atoms with E-state index in [1.165, 1.54) is 23.9 Å². The third kappa shape index (κ3) is 3.67. The van der Waals surface area contributed by atoms with E-state index in [-0.39, 0.29) is 11.6 Å². The topological polar surface area (TPSA) is 37.3 Å². The number of hydrogen-bond donors (Lipinski definition) is 1. The molecular weight excluding hydrogens is 271 g/mol. The quantitative estimate of drug-likeness (QED) is 0.920. The Morgan fingerprint density at radius 3 is 2.86 bits per heavy atom. The van der Waals surface area contributed by atoms with E-state index in [0.717, 1.165) is 5.56 Å². The zero-order valence-corrected chi connectivity index (χ0v) is 9.57. The summed E-state index contributed by atoms with van der Waals surface area (Å²) in [6.45, 7) is 0. The van der Waals surface area contributed by atoms with E-state index in [2.05, 4.69) is 15.9 Å². The predicted molar refractivity (Wildman–Crippen MR) is 57.9 cm³/mol. The van der Waals surface area contributed by atoms with Crippen LogP contribution in [0.5, 0.6) is 0 Å². The second kappa shape index (κ2) is 5.36. The summed E-state index contributed by atoms with van der Waals surface area (Å²) in [5.41, 5.74) is 0.901. The molecule has 1 aromatic carbocycles. The van der Waals surface area contributed by atoms with Gasteiger partial charge in [0, 0.05) is 10.2 Å². The maximum absolute atomic E-state index is 12.7. The zero-order valence-electron chi connectivity index (χ0n) is 7.17. The van der Waals surface area contributed by atoms with Crippen molar-refractivity contribution in [3.8, 4) is 0 Å². The Morgan fingerprint density at radius 1 is 1.57 bits per heavy atom. The Hall–Kier alpha value is -0.550. The molecule has 0 saturated carbocycles. The van der Waals surface area contributed by atoms with Crippen LogP contribution in [0.1, 0.15) is 5.56 Å². The highest BCUT2D eigenvalue weighted by Crippen LogP contribution is 2.22. The number of carboxylic acids is 1. The van der Waals surface area contributed by atoms with E-state index in [9.17, 15) is 9.18 Å². The molecule has 1 rings (SSSR count). The minimum atomic E-state index is -0.840. The van der Waals surface area contributed by atoms with Crippen LogP contribution >= 0.6 is 27.7 Å². The van der Waals surface area contributed by atoms with Gasteiger partial charge in [-0.3, -0.25) is 4.79 Å². The second-order valence-electron chi connectivity index (χ2n) is 2.62. The third-order valence-corrected chi connectivity index (χ3v) is 3.20. The lowest BCUT2D eigenvalue weighted by molar-refractivity contribution is -0.133. The lowest BCUT2D eigenvalue weighted by Gasteiger charge is -2.02. The van der Waals surface area contributed by atoms with E-state index < -0.39 is 5.97 Å². The van der Waals surface area contributed by atoms with Gasteiger partial charge in [-0.25, -0.2) is 4.39 Å². The molecule has 0 aromatic heterocycles. The number of hydrogen-bond acceptors (Lipinski definition) is 2. The fourth-order valence-electron chi connectivity index (χ4n) is 0.887. The van der Waals surface area contributed by atoms with Crippen molar-refractivity contribution >= 4 is 33.7 Å². The number of carboxylic acid groups (broad SMARTS) is 1. The molecular formula is C9H8BrFO2S. The standard InChI is InChI=1S/C9H8BrFO2S/c10-8-3-7(11)2-1-6(8)4-14-5-9(12)13/h1-3H,4-5H2,(H,12,13). The predicted octanol–water partition coefficient (Wildman–Crippen LogP) is 2.91. The highest BCUT2D eigenvalue weighted by Gasteiger charge is 2.03. The maximum atomic E-state index is 12.7. The molecule has 0 saturated heterocycles. The SMILES string of the molecule is O=C(O)CSCc1ccc(F)cc1Br. The molecule has 0 amide bonds. The number of benzene rings is 1. The van der Waals surface area contributed by atoms with Gasteiger partial charge in [0.25, 0.3) is 0 Å². The summed E-state index contributed by atoms with van der Waals surface area (Å²) in [7, 11) is 0. The molecule has 0 spiro atoms. The molecule has 1 aromatic rings. The fourth-order valence-corrected chi connectivity index (χ4v) is 2.31. The summed E-state index contributed by atoms with van der Waals surface area (Å²) in [5, 5.41) is 8.41. The summed E-state index contributed by atoms with van der Waals surface area (Å²) in [4.78, 5) is 10.2. The van der Waals surface area contributed by atoms with Crippen LogP contribution in [0.15, 0.2) is 22.7 Å². The smallest absolute Gasteiger partial charge is 0.313 e. The minimum absolute atomic E-state index is 0.0593. The van der Waals surface area contributed by atoms with Crippen molar-refractivity contribution in [2.45, 2.75) is 5.75 Å². The summed E-state index contributed by atoms with van der Waals surface area (Å²) in [6.07, 6.45) is 0. The molecule has 0 aliphatic rings. The molecule has 0 aliphatic carbocycles.